The average molecular weight is 351 g/mol. The molecule has 0 bridgehead atoms. The van der Waals surface area contributed by atoms with Crippen molar-refractivity contribution in [3.8, 4) is 0 Å². The Hall–Kier alpha value is -2.32. The fourth-order valence-electron chi connectivity index (χ4n) is 2.08. The van der Waals surface area contributed by atoms with Gasteiger partial charge < -0.3 is 14.2 Å². The third-order valence-corrected chi connectivity index (χ3v) is 6.70. The molecule has 0 saturated carbocycles. The van der Waals surface area contributed by atoms with Gasteiger partial charge in [0.2, 0.25) is 0 Å². The lowest BCUT2D eigenvalue weighted by Gasteiger charge is -2.15. The van der Waals surface area contributed by atoms with Crippen LogP contribution < -0.4 is 5.32 Å². The van der Waals surface area contributed by atoms with Crippen LogP contribution in [0.3, 0.4) is 0 Å². The molecule has 0 fully saturated rings. The second kappa shape index (κ2) is 6.43. The summed E-state index contributed by atoms with van der Waals surface area (Å²) < 4.78 is 36.0. The lowest BCUT2D eigenvalue weighted by Crippen LogP contribution is -2.31. The first-order valence-electron chi connectivity index (χ1n) is 6.71. The molecule has 0 spiro atoms. The van der Waals surface area contributed by atoms with Crippen molar-refractivity contribution in [2.45, 2.75) is 9.46 Å². The Bertz CT molecular complexity index is 849. The highest BCUT2D eigenvalue weighted by atomic mass is 32.2. The molecule has 1 atom stereocenters. The van der Waals surface area contributed by atoms with Crippen LogP contribution in [0.25, 0.3) is 0 Å². The van der Waals surface area contributed by atoms with Gasteiger partial charge in [0.1, 0.15) is 15.2 Å². The van der Waals surface area contributed by atoms with Gasteiger partial charge in [-0.3, -0.25) is 4.79 Å². The first kappa shape index (κ1) is 15.6. The van der Waals surface area contributed by atoms with Crippen molar-refractivity contribution in [3.05, 3.63) is 65.8 Å². The summed E-state index contributed by atoms with van der Waals surface area (Å²) in [6.07, 6.45) is 2.78. The number of thiophene rings is 1. The van der Waals surface area contributed by atoms with E-state index in [4.69, 9.17) is 8.83 Å². The van der Waals surface area contributed by atoms with Crippen molar-refractivity contribution in [2.24, 2.45) is 0 Å². The Morgan fingerprint density at radius 3 is 2.52 bits per heavy atom. The maximum Gasteiger partial charge on any atom is 0.287 e. The van der Waals surface area contributed by atoms with Crippen LogP contribution >= 0.6 is 11.3 Å². The van der Waals surface area contributed by atoms with Crippen LogP contribution in [0.4, 0.5) is 0 Å². The standard InChI is InChI=1S/C15H13NO5S2/c17-15(12-5-2-8-21-12)16-10-13(11-4-1-7-20-11)23(18,19)14-6-3-9-22-14/h1-9,13H,10H2,(H,16,17). The van der Waals surface area contributed by atoms with Gasteiger partial charge in [0.25, 0.3) is 5.91 Å². The van der Waals surface area contributed by atoms with Crippen LogP contribution in [-0.4, -0.2) is 20.9 Å². The van der Waals surface area contributed by atoms with E-state index in [9.17, 15) is 13.2 Å². The van der Waals surface area contributed by atoms with Crippen molar-refractivity contribution in [2.75, 3.05) is 6.54 Å². The van der Waals surface area contributed by atoms with E-state index in [1.807, 2.05) is 0 Å². The van der Waals surface area contributed by atoms with E-state index < -0.39 is 21.0 Å². The maximum atomic E-state index is 12.8. The molecule has 0 aliphatic rings. The molecule has 0 saturated heterocycles. The molecule has 120 valence electrons. The Balaban J connectivity index is 1.84. The third-order valence-electron chi connectivity index (χ3n) is 3.20. The molecule has 3 heterocycles. The van der Waals surface area contributed by atoms with E-state index in [0.717, 1.165) is 11.3 Å². The quantitative estimate of drug-likeness (QED) is 0.737. The van der Waals surface area contributed by atoms with Crippen molar-refractivity contribution in [1.29, 1.82) is 0 Å². The fourth-order valence-corrected chi connectivity index (χ4v) is 4.87. The van der Waals surface area contributed by atoms with E-state index in [0.29, 0.717) is 0 Å². The highest BCUT2D eigenvalue weighted by Crippen LogP contribution is 2.31. The van der Waals surface area contributed by atoms with Gasteiger partial charge >= 0.3 is 0 Å². The molecule has 3 rings (SSSR count). The first-order valence-corrected chi connectivity index (χ1v) is 9.14. The van der Waals surface area contributed by atoms with Crippen molar-refractivity contribution >= 4 is 27.1 Å². The second-order valence-corrected chi connectivity index (χ2v) is 7.97. The van der Waals surface area contributed by atoms with Gasteiger partial charge in [-0.25, -0.2) is 8.42 Å². The third kappa shape index (κ3) is 3.22. The van der Waals surface area contributed by atoms with Gasteiger partial charge in [0.05, 0.1) is 12.5 Å². The summed E-state index contributed by atoms with van der Waals surface area (Å²) in [4.78, 5) is 12.0. The zero-order valence-corrected chi connectivity index (χ0v) is 13.5. The highest BCUT2D eigenvalue weighted by molar-refractivity contribution is 7.93. The van der Waals surface area contributed by atoms with Crippen LogP contribution in [0.1, 0.15) is 21.6 Å². The number of carbonyl (C=O) groups is 1. The van der Waals surface area contributed by atoms with Gasteiger partial charge in [-0.2, -0.15) is 0 Å². The lowest BCUT2D eigenvalue weighted by molar-refractivity contribution is 0.0925. The SMILES string of the molecule is O=C(NCC(c1ccco1)S(=O)(=O)c1cccs1)c1ccco1. The number of nitrogens with one attached hydrogen (secondary N) is 1. The molecule has 3 aromatic rings. The molecule has 0 aromatic carbocycles. The van der Waals surface area contributed by atoms with Crippen LogP contribution in [0, 0.1) is 0 Å². The number of sulfone groups is 1. The Kier molecular flexibility index (Phi) is 4.35. The van der Waals surface area contributed by atoms with E-state index in [2.05, 4.69) is 5.32 Å². The molecule has 23 heavy (non-hydrogen) atoms. The molecule has 3 aromatic heterocycles. The summed E-state index contributed by atoms with van der Waals surface area (Å²) >= 11 is 1.13. The largest absolute Gasteiger partial charge is 0.468 e. The predicted octanol–water partition coefficient (Wildman–Crippen LogP) is 2.88. The van der Waals surface area contributed by atoms with E-state index >= 15 is 0 Å². The smallest absolute Gasteiger partial charge is 0.287 e. The monoisotopic (exact) mass is 351 g/mol. The van der Waals surface area contributed by atoms with Crippen molar-refractivity contribution in [1.82, 2.24) is 5.32 Å². The Morgan fingerprint density at radius 1 is 1.13 bits per heavy atom. The number of furan rings is 2. The molecule has 8 heteroatoms. The van der Waals surface area contributed by atoms with Crippen LogP contribution in [-0.2, 0) is 9.84 Å². The number of carbonyl (C=O) groups excluding carboxylic acids is 1. The van der Waals surface area contributed by atoms with Gasteiger partial charge in [-0.15, -0.1) is 11.3 Å². The summed E-state index contributed by atoms with van der Waals surface area (Å²) in [6, 6.07) is 9.48. The molecule has 6 nitrogen and oxygen atoms in total. The highest BCUT2D eigenvalue weighted by Gasteiger charge is 2.32. The first-order chi connectivity index (χ1) is 11.1. The van der Waals surface area contributed by atoms with Crippen LogP contribution in [0.5, 0.6) is 0 Å². The minimum absolute atomic E-state index is 0.118. The van der Waals surface area contributed by atoms with E-state index in [-0.39, 0.29) is 22.3 Å². The molecule has 0 aliphatic heterocycles. The Labute approximate surface area is 136 Å². The summed E-state index contributed by atoms with van der Waals surface area (Å²) in [5, 5.41) is 3.26. The summed E-state index contributed by atoms with van der Waals surface area (Å²) in [7, 11) is -3.67. The molecular weight excluding hydrogens is 338 g/mol. The summed E-state index contributed by atoms with van der Waals surface area (Å²) in [5.41, 5.74) is 0. The second-order valence-electron chi connectivity index (χ2n) is 4.67. The van der Waals surface area contributed by atoms with Gasteiger partial charge in [-0.1, -0.05) is 6.07 Å². The van der Waals surface area contributed by atoms with Crippen LogP contribution in [0.2, 0.25) is 0 Å². The zero-order chi connectivity index (χ0) is 16.3. The average Bonchev–Trinajstić information content (AvgIpc) is 3.27. The number of amides is 1. The van der Waals surface area contributed by atoms with Crippen molar-refractivity contribution in [3.63, 3.8) is 0 Å². The molecule has 1 N–H and O–H groups in total. The van der Waals surface area contributed by atoms with E-state index in [1.54, 1.807) is 29.6 Å². The number of hydrogen-bond donors (Lipinski definition) is 1. The maximum absolute atomic E-state index is 12.8. The van der Waals surface area contributed by atoms with Crippen LogP contribution in [0.15, 0.2) is 67.3 Å². The molecule has 0 radical (unpaired) electrons. The minimum atomic E-state index is -3.67. The summed E-state index contributed by atoms with van der Waals surface area (Å²) in [5.74, 6) is -0.0807. The predicted molar refractivity (Wildman–Crippen MR) is 84.0 cm³/mol. The summed E-state index contributed by atoms with van der Waals surface area (Å²) in [6.45, 7) is -0.118. The molecule has 0 aliphatic carbocycles. The van der Waals surface area contributed by atoms with E-state index in [1.165, 1.54) is 24.7 Å². The van der Waals surface area contributed by atoms with Gasteiger partial charge in [0, 0.05) is 6.54 Å². The molecular formula is C15H13NO5S2. The van der Waals surface area contributed by atoms with Gasteiger partial charge in [0.15, 0.2) is 15.6 Å². The molecule has 1 amide bonds. The fraction of sp³-hybridized carbons (Fsp3) is 0.133. The number of rotatable bonds is 6. The minimum Gasteiger partial charge on any atom is -0.468 e. The topological polar surface area (TPSA) is 89.5 Å². The number of hydrogen-bond acceptors (Lipinski definition) is 6. The van der Waals surface area contributed by atoms with Crippen molar-refractivity contribution < 1.29 is 22.0 Å². The van der Waals surface area contributed by atoms with Gasteiger partial charge in [-0.05, 0) is 35.7 Å². The zero-order valence-electron chi connectivity index (χ0n) is 11.8. The molecule has 1 unspecified atom stereocenters. The normalized spacial score (nSPS) is 12.9. The Morgan fingerprint density at radius 2 is 1.91 bits per heavy atom. The lowest BCUT2D eigenvalue weighted by atomic mass is 10.3.